The van der Waals surface area contributed by atoms with E-state index in [1.165, 1.54) is 7.11 Å². The average molecular weight is 222 g/mol. The highest BCUT2D eigenvalue weighted by molar-refractivity contribution is 5.96. The molecule has 0 unspecified atom stereocenters. The van der Waals surface area contributed by atoms with Crippen molar-refractivity contribution in [3.8, 4) is 5.75 Å². The molecule has 0 radical (unpaired) electrons. The summed E-state index contributed by atoms with van der Waals surface area (Å²) in [4.78, 5) is 11.4. The molecule has 4 nitrogen and oxygen atoms in total. The van der Waals surface area contributed by atoms with Crippen molar-refractivity contribution in [2.75, 3.05) is 7.11 Å². The number of hydrogen-bond donors (Lipinski definition) is 2. The fourth-order valence-corrected chi connectivity index (χ4v) is 1.42. The van der Waals surface area contributed by atoms with Crippen LogP contribution in [0.2, 0.25) is 0 Å². The minimum absolute atomic E-state index is 0.0189. The fourth-order valence-electron chi connectivity index (χ4n) is 1.42. The molecule has 0 saturated heterocycles. The first-order valence-electron chi connectivity index (χ1n) is 5.09. The number of hydrogen-bond acceptors (Lipinski definition) is 3. The van der Waals surface area contributed by atoms with Crippen LogP contribution >= 0.6 is 0 Å². The van der Waals surface area contributed by atoms with Crippen molar-refractivity contribution in [2.45, 2.75) is 26.2 Å². The normalized spacial score (nSPS) is 11.1. The van der Waals surface area contributed by atoms with Crippen molar-refractivity contribution in [1.82, 2.24) is 5.43 Å². The largest absolute Gasteiger partial charge is 0.496 e. The van der Waals surface area contributed by atoms with Gasteiger partial charge >= 0.3 is 0 Å². The van der Waals surface area contributed by atoms with Gasteiger partial charge in [-0.2, -0.15) is 0 Å². The van der Waals surface area contributed by atoms with Crippen molar-refractivity contribution in [1.29, 1.82) is 0 Å². The highest BCUT2D eigenvalue weighted by atomic mass is 16.5. The van der Waals surface area contributed by atoms with Gasteiger partial charge in [-0.1, -0.05) is 26.8 Å². The number of nitrogen functional groups attached to an aromatic ring is 1. The Kier molecular flexibility index (Phi) is 3.55. The van der Waals surface area contributed by atoms with Crippen LogP contribution in [0.5, 0.6) is 5.75 Å². The van der Waals surface area contributed by atoms with Gasteiger partial charge in [0.05, 0.1) is 12.7 Å². The molecule has 0 heterocycles. The van der Waals surface area contributed by atoms with Crippen molar-refractivity contribution < 1.29 is 9.53 Å². The van der Waals surface area contributed by atoms with Crippen LogP contribution in [0.1, 0.15) is 36.7 Å². The van der Waals surface area contributed by atoms with Crippen molar-refractivity contribution in [3.63, 3.8) is 0 Å². The predicted molar refractivity (Wildman–Crippen MR) is 63.3 cm³/mol. The minimum Gasteiger partial charge on any atom is -0.496 e. The summed E-state index contributed by atoms with van der Waals surface area (Å²) in [7, 11) is 1.54. The topological polar surface area (TPSA) is 64.3 Å². The Morgan fingerprint density at radius 2 is 2.00 bits per heavy atom. The van der Waals surface area contributed by atoms with Gasteiger partial charge in [-0.25, -0.2) is 5.84 Å². The number of nitrogens with two attached hydrogens (primary N) is 1. The second-order valence-corrected chi connectivity index (χ2v) is 4.64. The number of benzene rings is 1. The second kappa shape index (κ2) is 4.53. The van der Waals surface area contributed by atoms with Crippen molar-refractivity contribution >= 4 is 5.91 Å². The third kappa shape index (κ3) is 2.52. The molecule has 0 saturated carbocycles. The number of amides is 1. The van der Waals surface area contributed by atoms with Crippen LogP contribution in [-0.2, 0) is 5.41 Å². The van der Waals surface area contributed by atoms with Crippen molar-refractivity contribution in [2.24, 2.45) is 5.84 Å². The third-order valence-corrected chi connectivity index (χ3v) is 2.44. The monoisotopic (exact) mass is 222 g/mol. The second-order valence-electron chi connectivity index (χ2n) is 4.64. The zero-order valence-corrected chi connectivity index (χ0v) is 10.1. The van der Waals surface area contributed by atoms with Gasteiger partial charge in [-0.05, 0) is 23.1 Å². The molecule has 0 aliphatic carbocycles. The van der Waals surface area contributed by atoms with E-state index in [0.717, 1.165) is 5.56 Å². The first-order valence-corrected chi connectivity index (χ1v) is 5.09. The molecule has 3 N–H and O–H groups in total. The van der Waals surface area contributed by atoms with Crippen molar-refractivity contribution in [3.05, 3.63) is 29.3 Å². The maximum atomic E-state index is 11.4. The average Bonchev–Trinajstić information content (AvgIpc) is 2.26. The Bertz CT molecular complexity index is 394. The van der Waals surface area contributed by atoms with Gasteiger partial charge in [0, 0.05) is 0 Å². The highest BCUT2D eigenvalue weighted by Crippen LogP contribution is 2.28. The van der Waals surface area contributed by atoms with Crippen LogP contribution in [0.15, 0.2) is 18.2 Å². The summed E-state index contributed by atoms with van der Waals surface area (Å²) in [6.45, 7) is 6.30. The van der Waals surface area contributed by atoms with Crippen LogP contribution in [0.25, 0.3) is 0 Å². The number of ether oxygens (including phenoxy) is 1. The van der Waals surface area contributed by atoms with Gasteiger partial charge in [0.15, 0.2) is 0 Å². The van der Waals surface area contributed by atoms with Crippen LogP contribution in [0, 0.1) is 0 Å². The fraction of sp³-hybridized carbons (Fsp3) is 0.417. The molecule has 88 valence electrons. The molecular formula is C12H18N2O2. The SMILES string of the molecule is COc1cc(C(C)(C)C)ccc1C(=O)NN. The molecule has 1 aromatic rings. The van der Waals surface area contributed by atoms with E-state index in [-0.39, 0.29) is 11.3 Å². The van der Waals surface area contributed by atoms with E-state index >= 15 is 0 Å². The Balaban J connectivity index is 3.22. The molecule has 1 aromatic carbocycles. The lowest BCUT2D eigenvalue weighted by Gasteiger charge is -2.20. The summed E-state index contributed by atoms with van der Waals surface area (Å²) in [6, 6.07) is 5.50. The first kappa shape index (κ1) is 12.5. The summed E-state index contributed by atoms with van der Waals surface area (Å²) in [6.07, 6.45) is 0. The van der Waals surface area contributed by atoms with Crippen LogP contribution in [0.3, 0.4) is 0 Å². The number of carbonyl (C=O) groups is 1. The van der Waals surface area contributed by atoms with Gasteiger partial charge in [-0.3, -0.25) is 10.2 Å². The molecule has 0 spiro atoms. The third-order valence-electron chi connectivity index (χ3n) is 2.44. The predicted octanol–water partition coefficient (Wildman–Crippen LogP) is 1.60. The maximum absolute atomic E-state index is 11.4. The molecule has 1 rings (SSSR count). The van der Waals surface area contributed by atoms with Gasteiger partial charge in [0.25, 0.3) is 5.91 Å². The van der Waals surface area contributed by atoms with Crippen LogP contribution in [0.4, 0.5) is 0 Å². The van der Waals surface area contributed by atoms with E-state index in [1.807, 2.05) is 12.1 Å². The molecule has 1 amide bonds. The Labute approximate surface area is 95.8 Å². The quantitative estimate of drug-likeness (QED) is 0.454. The molecule has 0 aliphatic rings. The zero-order chi connectivity index (χ0) is 12.3. The Morgan fingerprint density at radius 1 is 1.38 bits per heavy atom. The molecule has 0 bridgehead atoms. The summed E-state index contributed by atoms with van der Waals surface area (Å²) in [5.41, 5.74) is 3.67. The van der Waals surface area contributed by atoms with Crippen LogP contribution in [-0.4, -0.2) is 13.0 Å². The molecule has 16 heavy (non-hydrogen) atoms. The lowest BCUT2D eigenvalue weighted by Crippen LogP contribution is -2.30. The molecular weight excluding hydrogens is 204 g/mol. The molecule has 4 heteroatoms. The van der Waals surface area contributed by atoms with Crippen LogP contribution < -0.4 is 16.0 Å². The number of carbonyl (C=O) groups excluding carboxylic acids is 1. The number of rotatable bonds is 2. The Morgan fingerprint density at radius 3 is 2.44 bits per heavy atom. The molecule has 0 atom stereocenters. The summed E-state index contributed by atoms with van der Waals surface area (Å²) in [5, 5.41) is 0. The standard InChI is InChI=1S/C12H18N2O2/c1-12(2,3)8-5-6-9(11(15)14-13)10(7-8)16-4/h5-7H,13H2,1-4H3,(H,14,15). The molecule has 0 fully saturated rings. The summed E-state index contributed by atoms with van der Waals surface area (Å²) < 4.78 is 5.19. The summed E-state index contributed by atoms with van der Waals surface area (Å²) >= 11 is 0. The molecule has 0 aromatic heterocycles. The van der Waals surface area contributed by atoms with Gasteiger partial charge < -0.3 is 4.74 Å². The lowest BCUT2D eigenvalue weighted by atomic mass is 9.86. The lowest BCUT2D eigenvalue weighted by molar-refractivity contribution is 0.0950. The van der Waals surface area contributed by atoms with E-state index in [9.17, 15) is 4.79 Å². The van der Waals surface area contributed by atoms with E-state index in [2.05, 4.69) is 26.2 Å². The maximum Gasteiger partial charge on any atom is 0.268 e. The number of nitrogens with one attached hydrogen (secondary N) is 1. The smallest absolute Gasteiger partial charge is 0.268 e. The first-order chi connectivity index (χ1) is 7.40. The van der Waals surface area contributed by atoms with E-state index in [1.54, 1.807) is 6.07 Å². The van der Waals surface area contributed by atoms with Gasteiger partial charge in [-0.15, -0.1) is 0 Å². The van der Waals surface area contributed by atoms with E-state index < -0.39 is 0 Å². The van der Waals surface area contributed by atoms with E-state index in [4.69, 9.17) is 10.6 Å². The minimum atomic E-state index is -0.350. The molecule has 0 aliphatic heterocycles. The van der Waals surface area contributed by atoms with Gasteiger partial charge in [0.1, 0.15) is 5.75 Å². The summed E-state index contributed by atoms with van der Waals surface area (Å²) in [5.74, 6) is 5.28. The number of methoxy groups -OCH3 is 1. The Hall–Kier alpha value is -1.55. The number of hydrazine groups is 1. The van der Waals surface area contributed by atoms with E-state index in [0.29, 0.717) is 11.3 Å². The highest BCUT2D eigenvalue weighted by Gasteiger charge is 2.18. The van der Waals surface area contributed by atoms with Gasteiger partial charge in [0.2, 0.25) is 0 Å². The zero-order valence-electron chi connectivity index (χ0n) is 10.1.